The van der Waals surface area contributed by atoms with E-state index in [1.807, 2.05) is 18.2 Å². The topological polar surface area (TPSA) is 30.2 Å². The smallest absolute Gasteiger partial charge is 0.168 e. The molecule has 0 N–H and O–H groups in total. The van der Waals surface area contributed by atoms with Crippen molar-refractivity contribution in [2.75, 3.05) is 0 Å². The number of furan rings is 1. The Hall–Kier alpha value is -0.620. The summed E-state index contributed by atoms with van der Waals surface area (Å²) in [6.45, 7) is 0. The van der Waals surface area contributed by atoms with Crippen molar-refractivity contribution in [3.8, 4) is 0 Å². The zero-order chi connectivity index (χ0) is 11.5. The third-order valence-electron chi connectivity index (χ3n) is 2.17. The first kappa shape index (κ1) is 11.9. The van der Waals surface area contributed by atoms with Crippen LogP contribution in [0.4, 0.5) is 0 Å². The summed E-state index contributed by atoms with van der Waals surface area (Å²) in [7, 11) is 0. The fraction of sp³-hybridized carbons (Fsp3) is 0.0833. The SMILES string of the molecule is O=C(Cc1ccoc1)c1cc(I)ccc1Br. The van der Waals surface area contributed by atoms with Crippen LogP contribution in [0.25, 0.3) is 0 Å². The maximum absolute atomic E-state index is 12.0. The van der Waals surface area contributed by atoms with Crippen LogP contribution in [0.3, 0.4) is 0 Å². The molecule has 16 heavy (non-hydrogen) atoms. The Kier molecular flexibility index (Phi) is 3.81. The van der Waals surface area contributed by atoms with E-state index in [0.29, 0.717) is 12.0 Å². The minimum atomic E-state index is 0.0896. The van der Waals surface area contributed by atoms with E-state index in [9.17, 15) is 4.79 Å². The van der Waals surface area contributed by atoms with Crippen molar-refractivity contribution < 1.29 is 9.21 Å². The Morgan fingerprint density at radius 3 is 2.88 bits per heavy atom. The van der Waals surface area contributed by atoms with Crippen molar-refractivity contribution >= 4 is 44.3 Å². The number of carbonyl (C=O) groups excluding carboxylic acids is 1. The highest BCUT2D eigenvalue weighted by molar-refractivity contribution is 14.1. The molecule has 2 aromatic rings. The van der Waals surface area contributed by atoms with E-state index in [0.717, 1.165) is 13.6 Å². The van der Waals surface area contributed by atoms with Gasteiger partial charge < -0.3 is 4.42 Å². The quantitative estimate of drug-likeness (QED) is 0.584. The molecule has 1 aromatic carbocycles. The summed E-state index contributed by atoms with van der Waals surface area (Å²) < 4.78 is 6.83. The number of benzene rings is 1. The van der Waals surface area contributed by atoms with Gasteiger partial charge in [0.1, 0.15) is 0 Å². The lowest BCUT2D eigenvalue weighted by molar-refractivity contribution is 0.0992. The molecule has 2 rings (SSSR count). The molecule has 0 fully saturated rings. The first-order valence-electron chi connectivity index (χ1n) is 4.66. The van der Waals surface area contributed by atoms with Crippen LogP contribution in [0.2, 0.25) is 0 Å². The monoisotopic (exact) mass is 390 g/mol. The molecule has 0 unspecified atom stereocenters. The lowest BCUT2D eigenvalue weighted by Crippen LogP contribution is -2.04. The number of hydrogen-bond acceptors (Lipinski definition) is 2. The Morgan fingerprint density at radius 1 is 1.38 bits per heavy atom. The third kappa shape index (κ3) is 2.74. The summed E-state index contributed by atoms with van der Waals surface area (Å²) in [6, 6.07) is 7.54. The van der Waals surface area contributed by atoms with Crippen LogP contribution in [0.5, 0.6) is 0 Å². The first-order chi connectivity index (χ1) is 7.66. The second-order valence-corrected chi connectivity index (χ2v) is 5.46. The zero-order valence-electron chi connectivity index (χ0n) is 8.24. The van der Waals surface area contributed by atoms with Gasteiger partial charge in [0.2, 0.25) is 0 Å². The Bertz CT molecular complexity index is 506. The molecule has 1 aromatic heterocycles. The van der Waals surface area contributed by atoms with Crippen molar-refractivity contribution in [2.24, 2.45) is 0 Å². The lowest BCUT2D eigenvalue weighted by atomic mass is 10.1. The van der Waals surface area contributed by atoms with Crippen LogP contribution in [-0.4, -0.2) is 5.78 Å². The Balaban J connectivity index is 2.24. The highest BCUT2D eigenvalue weighted by Crippen LogP contribution is 2.21. The van der Waals surface area contributed by atoms with Gasteiger partial charge in [-0.1, -0.05) is 15.9 Å². The molecule has 0 aliphatic rings. The summed E-state index contributed by atoms with van der Waals surface area (Å²) in [5.74, 6) is 0.0896. The molecular weight excluding hydrogens is 383 g/mol. The predicted molar refractivity (Wildman–Crippen MR) is 73.6 cm³/mol. The number of hydrogen-bond donors (Lipinski definition) is 0. The van der Waals surface area contributed by atoms with Gasteiger partial charge in [-0.2, -0.15) is 0 Å². The van der Waals surface area contributed by atoms with Crippen molar-refractivity contribution in [2.45, 2.75) is 6.42 Å². The molecule has 0 amide bonds. The van der Waals surface area contributed by atoms with E-state index >= 15 is 0 Å². The van der Waals surface area contributed by atoms with Crippen LogP contribution < -0.4 is 0 Å². The number of Topliss-reactive ketones (excluding diaryl/α,β-unsaturated/α-hetero) is 1. The van der Waals surface area contributed by atoms with Crippen LogP contribution in [0, 0.1) is 3.57 Å². The van der Waals surface area contributed by atoms with E-state index in [-0.39, 0.29) is 5.78 Å². The van der Waals surface area contributed by atoms with Crippen LogP contribution in [0.1, 0.15) is 15.9 Å². The van der Waals surface area contributed by atoms with Gasteiger partial charge in [-0.25, -0.2) is 0 Å². The van der Waals surface area contributed by atoms with Crippen molar-refractivity contribution in [3.63, 3.8) is 0 Å². The summed E-state index contributed by atoms with van der Waals surface area (Å²) in [5.41, 5.74) is 1.61. The van der Waals surface area contributed by atoms with Crippen LogP contribution >= 0.6 is 38.5 Å². The van der Waals surface area contributed by atoms with E-state index in [2.05, 4.69) is 38.5 Å². The molecule has 0 atom stereocenters. The molecule has 0 spiro atoms. The minimum absolute atomic E-state index is 0.0896. The van der Waals surface area contributed by atoms with E-state index in [1.165, 1.54) is 0 Å². The fourth-order valence-electron chi connectivity index (χ4n) is 1.39. The van der Waals surface area contributed by atoms with Crippen LogP contribution in [-0.2, 0) is 6.42 Å². The number of ketones is 1. The van der Waals surface area contributed by atoms with Crippen molar-refractivity contribution in [1.82, 2.24) is 0 Å². The molecule has 0 aliphatic carbocycles. The maximum atomic E-state index is 12.0. The second-order valence-electron chi connectivity index (χ2n) is 3.36. The normalized spacial score (nSPS) is 10.4. The second kappa shape index (κ2) is 5.14. The third-order valence-corrected chi connectivity index (χ3v) is 3.54. The molecule has 1 heterocycles. The molecule has 0 bridgehead atoms. The summed E-state index contributed by atoms with van der Waals surface area (Å²) in [5, 5.41) is 0. The van der Waals surface area contributed by atoms with Gasteiger partial charge in [-0.3, -0.25) is 4.79 Å². The van der Waals surface area contributed by atoms with Gasteiger partial charge in [-0.05, 0) is 52.4 Å². The van der Waals surface area contributed by atoms with Gasteiger partial charge in [0.05, 0.1) is 12.5 Å². The lowest BCUT2D eigenvalue weighted by Gasteiger charge is -2.03. The largest absolute Gasteiger partial charge is 0.472 e. The van der Waals surface area contributed by atoms with Gasteiger partial charge in [0.25, 0.3) is 0 Å². The molecule has 4 heteroatoms. The van der Waals surface area contributed by atoms with Crippen LogP contribution in [0.15, 0.2) is 45.7 Å². The van der Waals surface area contributed by atoms with Crippen molar-refractivity contribution in [3.05, 3.63) is 56.0 Å². The average Bonchev–Trinajstić information content (AvgIpc) is 2.74. The molecule has 2 nitrogen and oxygen atoms in total. The highest BCUT2D eigenvalue weighted by Gasteiger charge is 2.11. The Morgan fingerprint density at radius 2 is 2.19 bits per heavy atom. The molecular formula is C12H8BrIO2. The molecule has 0 radical (unpaired) electrons. The number of carbonyl (C=O) groups is 1. The maximum Gasteiger partial charge on any atom is 0.168 e. The number of rotatable bonds is 3. The first-order valence-corrected chi connectivity index (χ1v) is 6.53. The molecule has 82 valence electrons. The standard InChI is InChI=1S/C12H8BrIO2/c13-11-2-1-9(14)6-10(11)12(15)5-8-3-4-16-7-8/h1-4,6-7H,5H2. The summed E-state index contributed by atoms with van der Waals surface area (Å²) >= 11 is 5.58. The van der Waals surface area contributed by atoms with E-state index in [1.54, 1.807) is 18.6 Å². The van der Waals surface area contributed by atoms with Gasteiger partial charge >= 0.3 is 0 Å². The Labute approximate surface area is 115 Å². The summed E-state index contributed by atoms with van der Waals surface area (Å²) in [4.78, 5) is 12.0. The van der Waals surface area contributed by atoms with E-state index in [4.69, 9.17) is 4.42 Å². The predicted octanol–water partition coefficient (Wildman–Crippen LogP) is 4.07. The van der Waals surface area contributed by atoms with E-state index < -0.39 is 0 Å². The number of halogens is 2. The molecule has 0 saturated carbocycles. The van der Waals surface area contributed by atoms with Crippen molar-refractivity contribution in [1.29, 1.82) is 0 Å². The van der Waals surface area contributed by atoms with Gasteiger partial charge in [0, 0.05) is 20.0 Å². The average molecular weight is 391 g/mol. The molecule has 0 aliphatic heterocycles. The highest BCUT2D eigenvalue weighted by atomic mass is 127. The zero-order valence-corrected chi connectivity index (χ0v) is 12.0. The summed E-state index contributed by atoms with van der Waals surface area (Å²) in [6.07, 6.45) is 3.54. The minimum Gasteiger partial charge on any atom is -0.472 e. The molecule has 0 saturated heterocycles. The van der Waals surface area contributed by atoms with Gasteiger partial charge in [0.15, 0.2) is 5.78 Å². The fourth-order valence-corrected chi connectivity index (χ4v) is 2.34. The van der Waals surface area contributed by atoms with Gasteiger partial charge in [-0.15, -0.1) is 0 Å².